The highest BCUT2D eigenvalue weighted by Gasteiger charge is 2.36. The molecule has 7 nitrogen and oxygen atoms in total. The summed E-state index contributed by atoms with van der Waals surface area (Å²) in [7, 11) is 1.23. The van der Waals surface area contributed by atoms with E-state index in [9.17, 15) is 19.7 Å². The van der Waals surface area contributed by atoms with Gasteiger partial charge in [0.1, 0.15) is 0 Å². The topological polar surface area (TPSA) is 89.8 Å². The van der Waals surface area contributed by atoms with Crippen LogP contribution in [-0.2, 0) is 4.74 Å². The molecule has 1 fully saturated rings. The van der Waals surface area contributed by atoms with Crippen molar-refractivity contribution in [1.29, 1.82) is 0 Å². The van der Waals surface area contributed by atoms with E-state index >= 15 is 0 Å². The van der Waals surface area contributed by atoms with Crippen molar-refractivity contribution in [3.63, 3.8) is 0 Å². The van der Waals surface area contributed by atoms with E-state index in [4.69, 9.17) is 0 Å². The molecule has 0 bridgehead atoms. The van der Waals surface area contributed by atoms with Gasteiger partial charge in [0, 0.05) is 17.9 Å². The molecule has 21 heavy (non-hydrogen) atoms. The molecule has 0 N–H and O–H groups in total. The SMILES string of the molecule is COC(=O)c1ccccc1C(=O)N1CCCC[C@@H]1[N+](=O)[O-]. The number of benzene rings is 1. The molecule has 1 atom stereocenters. The van der Waals surface area contributed by atoms with Crippen LogP contribution in [0.3, 0.4) is 0 Å². The minimum Gasteiger partial charge on any atom is -0.465 e. The molecule has 1 aliphatic rings. The van der Waals surface area contributed by atoms with Gasteiger partial charge >= 0.3 is 5.97 Å². The predicted molar refractivity (Wildman–Crippen MR) is 73.5 cm³/mol. The summed E-state index contributed by atoms with van der Waals surface area (Å²) in [5.74, 6) is -1.13. The third kappa shape index (κ3) is 3.01. The number of nitro groups is 1. The molecule has 0 radical (unpaired) electrons. The lowest BCUT2D eigenvalue weighted by molar-refractivity contribution is -0.548. The number of hydrogen-bond acceptors (Lipinski definition) is 5. The molecule has 1 aromatic rings. The summed E-state index contributed by atoms with van der Waals surface area (Å²) in [5.41, 5.74) is 0.260. The number of amides is 1. The van der Waals surface area contributed by atoms with Crippen molar-refractivity contribution in [2.45, 2.75) is 25.4 Å². The molecule has 0 unspecified atom stereocenters. The Hall–Kier alpha value is -2.44. The fourth-order valence-electron chi connectivity index (χ4n) is 2.48. The van der Waals surface area contributed by atoms with Gasteiger partial charge < -0.3 is 4.74 Å². The Kier molecular flexibility index (Phi) is 4.52. The first-order valence-electron chi connectivity index (χ1n) is 6.68. The van der Waals surface area contributed by atoms with Crippen LogP contribution < -0.4 is 0 Å². The Morgan fingerprint density at radius 1 is 1.29 bits per heavy atom. The number of methoxy groups -OCH3 is 1. The Morgan fingerprint density at radius 2 is 1.95 bits per heavy atom. The highest BCUT2D eigenvalue weighted by Crippen LogP contribution is 2.22. The lowest BCUT2D eigenvalue weighted by Gasteiger charge is -2.30. The first kappa shape index (κ1) is 15.0. The van der Waals surface area contributed by atoms with E-state index < -0.39 is 23.0 Å². The zero-order valence-corrected chi connectivity index (χ0v) is 11.7. The van der Waals surface area contributed by atoms with Crippen LogP contribution in [0.1, 0.15) is 40.0 Å². The first-order chi connectivity index (χ1) is 10.1. The standard InChI is InChI=1S/C14H16N2O5/c1-21-14(18)11-7-3-2-6-10(11)13(17)15-9-5-4-8-12(15)16(19)20/h2-3,6-7,12H,4-5,8-9H2,1H3/t12-/m0/s1. The summed E-state index contributed by atoms with van der Waals surface area (Å²) < 4.78 is 4.65. The van der Waals surface area contributed by atoms with Gasteiger partial charge in [-0.3, -0.25) is 19.8 Å². The molecule has 0 aliphatic carbocycles. The van der Waals surface area contributed by atoms with E-state index in [1.165, 1.54) is 24.1 Å². The van der Waals surface area contributed by atoms with Crippen LogP contribution in [0.4, 0.5) is 0 Å². The highest BCUT2D eigenvalue weighted by molar-refractivity contribution is 6.05. The van der Waals surface area contributed by atoms with Crippen molar-refractivity contribution in [2.24, 2.45) is 0 Å². The van der Waals surface area contributed by atoms with Crippen molar-refractivity contribution in [3.8, 4) is 0 Å². The molecule has 112 valence electrons. The highest BCUT2D eigenvalue weighted by atomic mass is 16.6. The zero-order chi connectivity index (χ0) is 15.4. The number of piperidine rings is 1. The van der Waals surface area contributed by atoms with Gasteiger partial charge in [-0.15, -0.1) is 0 Å². The summed E-state index contributed by atoms with van der Waals surface area (Å²) >= 11 is 0. The largest absolute Gasteiger partial charge is 0.465 e. The normalized spacial score (nSPS) is 18.1. The number of rotatable bonds is 3. The molecular weight excluding hydrogens is 276 g/mol. The molecule has 2 rings (SSSR count). The molecule has 0 spiro atoms. The van der Waals surface area contributed by atoms with Gasteiger partial charge in [-0.2, -0.15) is 0 Å². The summed E-state index contributed by atoms with van der Waals surface area (Å²) in [6.07, 6.45) is 0.737. The van der Waals surface area contributed by atoms with Crippen molar-refractivity contribution >= 4 is 11.9 Å². The smallest absolute Gasteiger partial charge is 0.338 e. The average molecular weight is 292 g/mol. The van der Waals surface area contributed by atoms with Gasteiger partial charge in [0.2, 0.25) is 0 Å². The third-order valence-electron chi connectivity index (χ3n) is 3.54. The molecule has 1 aliphatic heterocycles. The van der Waals surface area contributed by atoms with E-state index in [1.807, 2.05) is 0 Å². The van der Waals surface area contributed by atoms with E-state index in [0.717, 1.165) is 6.42 Å². The van der Waals surface area contributed by atoms with Crippen molar-refractivity contribution in [1.82, 2.24) is 4.90 Å². The number of carbonyl (C=O) groups is 2. The Balaban J connectivity index is 2.35. The van der Waals surface area contributed by atoms with Gasteiger partial charge in [-0.05, 0) is 25.0 Å². The van der Waals surface area contributed by atoms with Gasteiger partial charge in [0.15, 0.2) is 0 Å². The monoisotopic (exact) mass is 292 g/mol. The number of nitrogens with zero attached hydrogens (tertiary/aromatic N) is 2. The Morgan fingerprint density at radius 3 is 2.57 bits per heavy atom. The van der Waals surface area contributed by atoms with E-state index in [2.05, 4.69) is 4.74 Å². The van der Waals surface area contributed by atoms with E-state index in [1.54, 1.807) is 12.1 Å². The van der Waals surface area contributed by atoms with Gasteiger partial charge in [-0.1, -0.05) is 12.1 Å². The van der Waals surface area contributed by atoms with E-state index in [0.29, 0.717) is 19.4 Å². The van der Waals surface area contributed by atoms with Crippen molar-refractivity contribution < 1.29 is 19.2 Å². The minimum absolute atomic E-state index is 0.123. The summed E-state index contributed by atoms with van der Waals surface area (Å²) in [4.78, 5) is 36.2. The molecule has 7 heteroatoms. The lowest BCUT2D eigenvalue weighted by atomic mass is 10.0. The van der Waals surface area contributed by atoms with Crippen LogP contribution >= 0.6 is 0 Å². The summed E-state index contributed by atoms with van der Waals surface area (Å²) in [5, 5.41) is 11.1. The first-order valence-corrected chi connectivity index (χ1v) is 6.68. The van der Waals surface area contributed by atoms with Gasteiger partial charge in [-0.25, -0.2) is 4.79 Å². The molecule has 0 saturated carbocycles. The number of likely N-dealkylation sites (tertiary alicyclic amines) is 1. The lowest BCUT2D eigenvalue weighted by Crippen LogP contribution is -2.48. The molecule has 1 heterocycles. The number of carbonyl (C=O) groups excluding carboxylic acids is 2. The van der Waals surface area contributed by atoms with Gasteiger partial charge in [0.25, 0.3) is 12.1 Å². The second-order valence-electron chi connectivity index (χ2n) is 4.80. The van der Waals surface area contributed by atoms with Gasteiger partial charge in [0.05, 0.1) is 18.2 Å². The molecule has 1 saturated heterocycles. The molecule has 1 aromatic carbocycles. The zero-order valence-electron chi connectivity index (χ0n) is 11.7. The number of hydrogen-bond donors (Lipinski definition) is 0. The second kappa shape index (κ2) is 6.34. The molecule has 1 amide bonds. The summed E-state index contributed by atoms with van der Waals surface area (Å²) in [6.45, 7) is 0.319. The average Bonchev–Trinajstić information content (AvgIpc) is 2.53. The van der Waals surface area contributed by atoms with E-state index in [-0.39, 0.29) is 11.1 Å². The maximum Gasteiger partial charge on any atom is 0.338 e. The minimum atomic E-state index is -1.03. The van der Waals surface area contributed by atoms with Crippen molar-refractivity contribution in [2.75, 3.05) is 13.7 Å². The van der Waals surface area contributed by atoms with Crippen LogP contribution in [0, 0.1) is 10.1 Å². The van der Waals surface area contributed by atoms with Crippen molar-refractivity contribution in [3.05, 3.63) is 45.5 Å². The maximum atomic E-state index is 12.6. The maximum absolute atomic E-state index is 12.6. The van der Waals surface area contributed by atoms with Crippen LogP contribution in [0.5, 0.6) is 0 Å². The van der Waals surface area contributed by atoms with Crippen LogP contribution in [0.15, 0.2) is 24.3 Å². The second-order valence-corrected chi connectivity index (χ2v) is 4.80. The van der Waals surface area contributed by atoms with Crippen LogP contribution in [0.2, 0.25) is 0 Å². The third-order valence-corrected chi connectivity index (χ3v) is 3.54. The molecule has 0 aromatic heterocycles. The van der Waals surface area contributed by atoms with Crippen LogP contribution in [-0.4, -0.2) is 41.5 Å². The Labute approximate surface area is 121 Å². The molecular formula is C14H16N2O5. The van der Waals surface area contributed by atoms with Crippen LogP contribution in [0.25, 0.3) is 0 Å². The fourth-order valence-corrected chi connectivity index (χ4v) is 2.48. The summed E-state index contributed by atoms with van der Waals surface area (Å²) in [6, 6.07) is 6.19. The fraction of sp³-hybridized carbons (Fsp3) is 0.429. The Bertz CT molecular complexity index is 572. The predicted octanol–water partition coefficient (Wildman–Crippen LogP) is 1.70. The number of ether oxygens (including phenoxy) is 1. The quantitative estimate of drug-likeness (QED) is 0.480. The number of esters is 1.